The molecule has 0 aliphatic heterocycles. The highest BCUT2D eigenvalue weighted by Crippen LogP contribution is 2.33. The number of carboxylic acids is 1. The maximum atomic E-state index is 11.4. The minimum absolute atomic E-state index is 0.173. The number of thiol groups is 1. The van der Waals surface area contributed by atoms with Crippen molar-refractivity contribution < 1.29 is 19.4 Å². The predicted octanol–water partition coefficient (Wildman–Crippen LogP) is 1.64. The number of aliphatic carboxylic acids is 1. The Balaban J connectivity index is 2.38. The summed E-state index contributed by atoms with van der Waals surface area (Å²) in [6, 6.07) is 0. The van der Waals surface area contributed by atoms with Gasteiger partial charge in [-0.3, -0.25) is 9.59 Å². The van der Waals surface area contributed by atoms with Crippen molar-refractivity contribution in [3.05, 3.63) is 0 Å². The molecule has 0 heterocycles. The number of esters is 1. The zero-order chi connectivity index (χ0) is 11.5. The van der Waals surface area contributed by atoms with E-state index >= 15 is 0 Å². The molecule has 5 heteroatoms. The van der Waals surface area contributed by atoms with Gasteiger partial charge in [-0.1, -0.05) is 0 Å². The number of carbonyl (C=O) groups excluding carboxylic acids is 1. The van der Waals surface area contributed by atoms with Crippen LogP contribution in [0.15, 0.2) is 0 Å². The van der Waals surface area contributed by atoms with Crippen LogP contribution in [0.1, 0.15) is 39.0 Å². The van der Waals surface area contributed by atoms with Gasteiger partial charge in [-0.2, -0.15) is 12.6 Å². The molecule has 0 amide bonds. The molecule has 0 aromatic heterocycles. The van der Waals surface area contributed by atoms with Gasteiger partial charge in [0.1, 0.15) is 10.9 Å². The van der Waals surface area contributed by atoms with E-state index in [4.69, 9.17) is 9.84 Å². The SMILES string of the molecule is CC1(OC(=O)CC(S)C(=O)O)CCCC1. The van der Waals surface area contributed by atoms with Crippen molar-refractivity contribution in [1.82, 2.24) is 0 Å². The fraction of sp³-hybridized carbons (Fsp3) is 0.800. The molecule has 1 unspecified atom stereocenters. The number of carboxylic acid groups (broad SMARTS) is 1. The summed E-state index contributed by atoms with van der Waals surface area (Å²) in [4.78, 5) is 21.9. The second-order valence-corrected chi connectivity index (χ2v) is 4.81. The van der Waals surface area contributed by atoms with Crippen LogP contribution in [-0.4, -0.2) is 27.9 Å². The molecule has 86 valence electrons. The standard InChI is InChI=1S/C10H16O4S/c1-10(4-2-3-5-10)14-8(11)6-7(15)9(12)13/h7,15H,2-6H2,1H3,(H,12,13). The van der Waals surface area contributed by atoms with Crippen LogP contribution in [0.5, 0.6) is 0 Å². The smallest absolute Gasteiger partial charge is 0.316 e. The highest BCUT2D eigenvalue weighted by atomic mass is 32.1. The molecule has 1 saturated carbocycles. The average Bonchev–Trinajstić information content (AvgIpc) is 2.50. The van der Waals surface area contributed by atoms with Crippen LogP contribution >= 0.6 is 12.6 Å². The van der Waals surface area contributed by atoms with Gasteiger partial charge in [-0.25, -0.2) is 0 Å². The lowest BCUT2D eigenvalue weighted by Crippen LogP contribution is -2.30. The van der Waals surface area contributed by atoms with Gasteiger partial charge in [0, 0.05) is 0 Å². The summed E-state index contributed by atoms with van der Waals surface area (Å²) in [7, 11) is 0. The first-order valence-electron chi connectivity index (χ1n) is 5.06. The van der Waals surface area contributed by atoms with Gasteiger partial charge in [0.25, 0.3) is 0 Å². The molecule has 0 saturated heterocycles. The highest BCUT2D eigenvalue weighted by Gasteiger charge is 2.33. The Morgan fingerprint density at radius 3 is 2.47 bits per heavy atom. The van der Waals surface area contributed by atoms with Crippen molar-refractivity contribution in [2.24, 2.45) is 0 Å². The Morgan fingerprint density at radius 1 is 1.47 bits per heavy atom. The second-order valence-electron chi connectivity index (χ2n) is 4.19. The van der Waals surface area contributed by atoms with E-state index in [-0.39, 0.29) is 12.0 Å². The Hall–Kier alpha value is -0.710. The summed E-state index contributed by atoms with van der Waals surface area (Å²) in [6.07, 6.45) is 3.68. The molecule has 1 rings (SSSR count). The largest absolute Gasteiger partial charge is 0.480 e. The molecule has 0 spiro atoms. The maximum absolute atomic E-state index is 11.4. The zero-order valence-electron chi connectivity index (χ0n) is 8.73. The van der Waals surface area contributed by atoms with Crippen LogP contribution in [0.3, 0.4) is 0 Å². The van der Waals surface area contributed by atoms with E-state index in [2.05, 4.69) is 12.6 Å². The molecule has 0 bridgehead atoms. The molecule has 0 aromatic carbocycles. The summed E-state index contributed by atoms with van der Waals surface area (Å²) in [5, 5.41) is 7.60. The van der Waals surface area contributed by atoms with Gasteiger partial charge < -0.3 is 9.84 Å². The Kier molecular flexibility index (Phi) is 4.02. The predicted molar refractivity (Wildman–Crippen MR) is 58.0 cm³/mol. The fourth-order valence-corrected chi connectivity index (χ4v) is 1.94. The van der Waals surface area contributed by atoms with Gasteiger partial charge in [-0.05, 0) is 32.6 Å². The normalized spacial score (nSPS) is 20.9. The van der Waals surface area contributed by atoms with Crippen LogP contribution in [-0.2, 0) is 14.3 Å². The summed E-state index contributed by atoms with van der Waals surface area (Å²) in [6.45, 7) is 1.90. The highest BCUT2D eigenvalue weighted by molar-refractivity contribution is 7.81. The van der Waals surface area contributed by atoms with Gasteiger partial charge in [0.05, 0.1) is 6.42 Å². The summed E-state index contributed by atoms with van der Waals surface area (Å²) >= 11 is 3.79. The second kappa shape index (κ2) is 4.88. The number of carbonyl (C=O) groups is 2. The third-order valence-corrected chi connectivity index (χ3v) is 3.07. The molecule has 0 aromatic rings. The van der Waals surface area contributed by atoms with E-state index in [1.54, 1.807) is 0 Å². The average molecular weight is 232 g/mol. The van der Waals surface area contributed by atoms with Crippen LogP contribution < -0.4 is 0 Å². The van der Waals surface area contributed by atoms with Gasteiger partial charge >= 0.3 is 11.9 Å². The van der Waals surface area contributed by atoms with Crippen molar-refractivity contribution >= 4 is 24.6 Å². The van der Waals surface area contributed by atoms with E-state index in [9.17, 15) is 9.59 Å². The first-order valence-corrected chi connectivity index (χ1v) is 5.57. The molecule has 15 heavy (non-hydrogen) atoms. The Morgan fingerprint density at radius 2 is 2.00 bits per heavy atom. The van der Waals surface area contributed by atoms with E-state index in [1.807, 2.05) is 6.92 Å². The van der Waals surface area contributed by atoms with Crippen LogP contribution in [0.4, 0.5) is 0 Å². The fourth-order valence-electron chi connectivity index (χ4n) is 1.79. The van der Waals surface area contributed by atoms with Gasteiger partial charge in [0.15, 0.2) is 0 Å². The summed E-state index contributed by atoms with van der Waals surface area (Å²) in [5.74, 6) is -1.56. The summed E-state index contributed by atoms with van der Waals surface area (Å²) < 4.78 is 5.27. The number of ether oxygens (including phenoxy) is 1. The minimum atomic E-state index is -1.09. The molecule has 1 N–H and O–H groups in total. The van der Waals surface area contributed by atoms with Crippen LogP contribution in [0.2, 0.25) is 0 Å². The lowest BCUT2D eigenvalue weighted by molar-refractivity contribution is -0.159. The van der Waals surface area contributed by atoms with Crippen molar-refractivity contribution in [1.29, 1.82) is 0 Å². The Bertz CT molecular complexity index is 258. The van der Waals surface area contributed by atoms with Gasteiger partial charge in [0.2, 0.25) is 0 Å². The first-order chi connectivity index (χ1) is 6.93. The molecule has 1 aliphatic rings. The van der Waals surface area contributed by atoms with Crippen molar-refractivity contribution in [2.45, 2.75) is 49.9 Å². The molecule has 1 aliphatic carbocycles. The van der Waals surface area contributed by atoms with E-state index in [0.717, 1.165) is 25.7 Å². The summed E-state index contributed by atoms with van der Waals surface area (Å²) in [5.41, 5.74) is -0.386. The number of hydrogen-bond acceptors (Lipinski definition) is 4. The minimum Gasteiger partial charge on any atom is -0.480 e. The molecule has 1 fully saturated rings. The van der Waals surface area contributed by atoms with Gasteiger partial charge in [-0.15, -0.1) is 0 Å². The topological polar surface area (TPSA) is 63.6 Å². The molecule has 4 nitrogen and oxygen atoms in total. The third kappa shape index (κ3) is 3.74. The number of hydrogen-bond donors (Lipinski definition) is 2. The lowest BCUT2D eigenvalue weighted by Gasteiger charge is -2.24. The van der Waals surface area contributed by atoms with Crippen LogP contribution in [0, 0.1) is 0 Å². The molecular weight excluding hydrogens is 216 g/mol. The Labute approximate surface area is 94.4 Å². The van der Waals surface area contributed by atoms with Crippen LogP contribution in [0.25, 0.3) is 0 Å². The van der Waals surface area contributed by atoms with Crippen molar-refractivity contribution in [3.63, 3.8) is 0 Å². The number of rotatable bonds is 4. The quantitative estimate of drug-likeness (QED) is 0.571. The van der Waals surface area contributed by atoms with E-state index in [1.165, 1.54) is 0 Å². The maximum Gasteiger partial charge on any atom is 0.316 e. The zero-order valence-corrected chi connectivity index (χ0v) is 9.63. The molecule has 1 atom stereocenters. The van der Waals surface area contributed by atoms with E-state index in [0.29, 0.717) is 0 Å². The molecular formula is C10H16O4S. The molecule has 0 radical (unpaired) electrons. The first kappa shape index (κ1) is 12.4. The monoisotopic (exact) mass is 232 g/mol. The van der Waals surface area contributed by atoms with Crippen molar-refractivity contribution in [2.75, 3.05) is 0 Å². The van der Waals surface area contributed by atoms with E-state index < -0.39 is 17.2 Å². The lowest BCUT2D eigenvalue weighted by atomic mass is 10.1. The van der Waals surface area contributed by atoms with Crippen molar-refractivity contribution in [3.8, 4) is 0 Å². The third-order valence-electron chi connectivity index (χ3n) is 2.67.